The topological polar surface area (TPSA) is 12.9 Å². The van der Waals surface area contributed by atoms with Gasteiger partial charge in [0.25, 0.3) is 0 Å². The monoisotopic (exact) mass is 343 g/mol. The predicted octanol–water partition coefficient (Wildman–Crippen LogP) is 5.60. The Balaban J connectivity index is 1.82. The quantitative estimate of drug-likeness (QED) is 0.574. The van der Waals surface area contributed by atoms with Crippen LogP contribution in [0.1, 0.15) is 11.1 Å². The van der Waals surface area contributed by atoms with Crippen LogP contribution in [-0.2, 0) is 5.75 Å². The van der Waals surface area contributed by atoms with Crippen molar-refractivity contribution in [2.24, 2.45) is 0 Å². The van der Waals surface area contributed by atoms with E-state index in [1.165, 1.54) is 16.5 Å². The van der Waals surface area contributed by atoms with Crippen molar-refractivity contribution in [1.82, 2.24) is 4.98 Å². The third-order valence-corrected chi connectivity index (χ3v) is 4.71. The second kappa shape index (κ2) is 5.98. The van der Waals surface area contributed by atoms with Crippen LogP contribution in [0.5, 0.6) is 0 Å². The highest BCUT2D eigenvalue weighted by atomic mass is 79.9. The van der Waals surface area contributed by atoms with Crippen molar-refractivity contribution >= 4 is 38.6 Å². The van der Waals surface area contributed by atoms with Gasteiger partial charge in [0, 0.05) is 15.6 Å². The SMILES string of the molecule is Cc1cc(SCc2ccc(Br)cc2)nc2ccccc12. The van der Waals surface area contributed by atoms with E-state index >= 15 is 0 Å². The normalized spacial score (nSPS) is 10.9. The number of nitrogens with zero attached hydrogens (tertiary/aromatic N) is 1. The number of benzene rings is 2. The molecule has 100 valence electrons. The van der Waals surface area contributed by atoms with Gasteiger partial charge in [-0.2, -0.15) is 0 Å². The molecule has 0 aliphatic rings. The highest BCUT2D eigenvalue weighted by molar-refractivity contribution is 9.10. The van der Waals surface area contributed by atoms with Crippen molar-refractivity contribution in [2.45, 2.75) is 17.7 Å². The standard InChI is InChI=1S/C17H14BrNS/c1-12-10-17(19-16-5-3-2-4-15(12)16)20-11-13-6-8-14(18)9-7-13/h2-10H,11H2,1H3. The van der Waals surface area contributed by atoms with E-state index in [1.54, 1.807) is 11.8 Å². The van der Waals surface area contributed by atoms with Gasteiger partial charge in [0.1, 0.15) is 0 Å². The first-order valence-corrected chi connectivity index (χ1v) is 8.24. The molecule has 1 heterocycles. The molecular formula is C17H14BrNS. The van der Waals surface area contributed by atoms with Gasteiger partial charge in [-0.1, -0.05) is 46.3 Å². The number of pyridine rings is 1. The maximum absolute atomic E-state index is 4.72. The summed E-state index contributed by atoms with van der Waals surface area (Å²) >= 11 is 5.24. The molecule has 0 aliphatic heterocycles. The van der Waals surface area contributed by atoms with Crippen molar-refractivity contribution in [3.63, 3.8) is 0 Å². The minimum absolute atomic E-state index is 0.943. The Morgan fingerprint density at radius 1 is 1.05 bits per heavy atom. The average Bonchev–Trinajstić information content (AvgIpc) is 2.47. The van der Waals surface area contributed by atoms with Crippen LogP contribution in [-0.4, -0.2) is 4.98 Å². The Labute approximate surface area is 131 Å². The largest absolute Gasteiger partial charge is 0.241 e. The van der Waals surface area contributed by atoms with Crippen LogP contribution < -0.4 is 0 Å². The molecule has 3 aromatic rings. The van der Waals surface area contributed by atoms with Gasteiger partial charge in [0.15, 0.2) is 0 Å². The van der Waals surface area contributed by atoms with Crippen LogP contribution >= 0.6 is 27.7 Å². The number of rotatable bonds is 3. The number of fused-ring (bicyclic) bond motifs is 1. The lowest BCUT2D eigenvalue weighted by Gasteiger charge is -2.06. The van der Waals surface area contributed by atoms with E-state index in [-0.39, 0.29) is 0 Å². The number of thioether (sulfide) groups is 1. The van der Waals surface area contributed by atoms with Crippen molar-refractivity contribution in [1.29, 1.82) is 0 Å². The molecule has 0 aliphatic carbocycles. The molecule has 2 aromatic carbocycles. The zero-order valence-corrected chi connectivity index (χ0v) is 13.5. The molecule has 0 fully saturated rings. The van der Waals surface area contributed by atoms with E-state index < -0.39 is 0 Å². The summed E-state index contributed by atoms with van der Waals surface area (Å²) in [5.74, 6) is 0.943. The van der Waals surface area contributed by atoms with Crippen LogP contribution in [0.4, 0.5) is 0 Å². The Kier molecular flexibility index (Phi) is 4.08. The average molecular weight is 344 g/mol. The Bertz CT molecular complexity index is 738. The third-order valence-electron chi connectivity index (χ3n) is 3.20. The lowest BCUT2D eigenvalue weighted by Crippen LogP contribution is -1.88. The van der Waals surface area contributed by atoms with E-state index in [9.17, 15) is 0 Å². The number of hydrogen-bond donors (Lipinski definition) is 0. The second-order valence-electron chi connectivity index (χ2n) is 4.71. The maximum Gasteiger partial charge on any atom is 0.0973 e. The second-order valence-corrected chi connectivity index (χ2v) is 6.62. The fourth-order valence-electron chi connectivity index (χ4n) is 2.13. The molecule has 0 atom stereocenters. The zero-order valence-electron chi connectivity index (χ0n) is 11.1. The lowest BCUT2D eigenvalue weighted by atomic mass is 10.1. The first-order chi connectivity index (χ1) is 9.72. The predicted molar refractivity (Wildman–Crippen MR) is 90.2 cm³/mol. The molecular weight excluding hydrogens is 330 g/mol. The molecule has 1 nitrogen and oxygen atoms in total. The molecule has 0 amide bonds. The van der Waals surface area contributed by atoms with E-state index in [2.05, 4.69) is 71.4 Å². The van der Waals surface area contributed by atoms with Crippen LogP contribution in [0.3, 0.4) is 0 Å². The molecule has 0 radical (unpaired) electrons. The van der Waals surface area contributed by atoms with E-state index in [0.29, 0.717) is 0 Å². The summed E-state index contributed by atoms with van der Waals surface area (Å²) < 4.78 is 1.12. The zero-order chi connectivity index (χ0) is 13.9. The fraction of sp³-hybridized carbons (Fsp3) is 0.118. The molecule has 1 aromatic heterocycles. The molecule has 3 heteroatoms. The van der Waals surface area contributed by atoms with Crippen molar-refractivity contribution in [3.05, 3.63) is 70.2 Å². The van der Waals surface area contributed by atoms with Gasteiger partial charge >= 0.3 is 0 Å². The third kappa shape index (κ3) is 3.05. The molecule has 0 bridgehead atoms. The minimum Gasteiger partial charge on any atom is -0.241 e. The number of para-hydroxylation sites is 1. The summed E-state index contributed by atoms with van der Waals surface area (Å²) in [6.07, 6.45) is 0. The summed E-state index contributed by atoms with van der Waals surface area (Å²) in [6, 6.07) is 18.9. The van der Waals surface area contributed by atoms with Crippen molar-refractivity contribution in [2.75, 3.05) is 0 Å². The number of halogens is 1. The maximum atomic E-state index is 4.72. The van der Waals surface area contributed by atoms with Crippen LogP contribution in [0, 0.1) is 6.92 Å². The Morgan fingerprint density at radius 2 is 1.80 bits per heavy atom. The highest BCUT2D eigenvalue weighted by Crippen LogP contribution is 2.26. The molecule has 0 saturated carbocycles. The van der Waals surface area contributed by atoms with Crippen LogP contribution in [0.15, 0.2) is 64.1 Å². The van der Waals surface area contributed by atoms with E-state index in [0.717, 1.165) is 20.8 Å². The summed E-state index contributed by atoms with van der Waals surface area (Å²) in [7, 11) is 0. The molecule has 0 spiro atoms. The molecule has 0 unspecified atom stereocenters. The van der Waals surface area contributed by atoms with Gasteiger partial charge < -0.3 is 0 Å². The lowest BCUT2D eigenvalue weighted by molar-refractivity contribution is 1.16. The molecule has 3 rings (SSSR count). The number of aromatic nitrogens is 1. The van der Waals surface area contributed by atoms with E-state index in [1.807, 2.05) is 6.07 Å². The molecule has 0 N–H and O–H groups in total. The van der Waals surface area contributed by atoms with Gasteiger partial charge in [-0.05, 0) is 42.3 Å². The van der Waals surface area contributed by atoms with Gasteiger partial charge in [0.05, 0.1) is 10.5 Å². The first kappa shape index (κ1) is 13.7. The smallest absolute Gasteiger partial charge is 0.0973 e. The Hall–Kier alpha value is -1.32. The summed E-state index contributed by atoms with van der Waals surface area (Å²) in [5.41, 5.74) is 3.67. The summed E-state index contributed by atoms with van der Waals surface area (Å²) in [4.78, 5) is 4.72. The molecule has 0 saturated heterocycles. The Morgan fingerprint density at radius 3 is 2.60 bits per heavy atom. The van der Waals surface area contributed by atoms with Gasteiger partial charge in [-0.15, -0.1) is 11.8 Å². The van der Waals surface area contributed by atoms with Gasteiger partial charge in [-0.25, -0.2) is 4.98 Å². The first-order valence-electron chi connectivity index (χ1n) is 6.46. The van der Waals surface area contributed by atoms with Crippen LogP contribution in [0.2, 0.25) is 0 Å². The number of hydrogen-bond acceptors (Lipinski definition) is 2. The fourth-order valence-corrected chi connectivity index (χ4v) is 3.32. The van der Waals surface area contributed by atoms with Gasteiger partial charge in [0.2, 0.25) is 0 Å². The summed E-state index contributed by atoms with van der Waals surface area (Å²) in [5, 5.41) is 2.32. The highest BCUT2D eigenvalue weighted by Gasteiger charge is 2.03. The van der Waals surface area contributed by atoms with E-state index in [4.69, 9.17) is 4.98 Å². The van der Waals surface area contributed by atoms with Crippen LogP contribution in [0.25, 0.3) is 10.9 Å². The van der Waals surface area contributed by atoms with Gasteiger partial charge in [-0.3, -0.25) is 0 Å². The molecule has 20 heavy (non-hydrogen) atoms. The summed E-state index contributed by atoms with van der Waals surface area (Å²) in [6.45, 7) is 2.15. The van der Waals surface area contributed by atoms with Crippen molar-refractivity contribution < 1.29 is 0 Å². The van der Waals surface area contributed by atoms with Crippen molar-refractivity contribution in [3.8, 4) is 0 Å². The number of aryl methyl sites for hydroxylation is 1. The minimum atomic E-state index is 0.943.